The summed E-state index contributed by atoms with van der Waals surface area (Å²) in [6, 6.07) is 0. The average molecular weight is 219 g/mol. The second-order valence-electron chi connectivity index (χ2n) is 2.82. The SMILES string of the molecule is CC(=O)O[SiH2]OC(C)=O.CCN1CC1. The Labute approximate surface area is 86.4 Å². The Morgan fingerprint density at radius 1 is 1.21 bits per heavy atom. The van der Waals surface area contributed by atoms with Crippen LogP contribution in [0.3, 0.4) is 0 Å². The zero-order valence-corrected chi connectivity index (χ0v) is 10.3. The first-order valence-electron chi connectivity index (χ1n) is 4.55. The Balaban J connectivity index is 0.000000280. The largest absolute Gasteiger partial charge is 0.490 e. The Morgan fingerprint density at radius 2 is 1.64 bits per heavy atom. The average Bonchev–Trinajstić information content (AvgIpc) is 2.86. The van der Waals surface area contributed by atoms with E-state index in [0.717, 1.165) is 0 Å². The third-order valence-electron chi connectivity index (χ3n) is 1.51. The first-order chi connectivity index (χ1) is 6.56. The molecule has 0 aromatic carbocycles. The molecule has 1 heterocycles. The van der Waals surface area contributed by atoms with E-state index >= 15 is 0 Å². The minimum atomic E-state index is -1.38. The Morgan fingerprint density at radius 3 is 1.79 bits per heavy atom. The molecule has 0 spiro atoms. The van der Waals surface area contributed by atoms with Crippen molar-refractivity contribution in [2.24, 2.45) is 0 Å². The van der Waals surface area contributed by atoms with Crippen LogP contribution in [0.25, 0.3) is 0 Å². The molecule has 14 heavy (non-hydrogen) atoms. The van der Waals surface area contributed by atoms with Crippen LogP contribution in [0.4, 0.5) is 0 Å². The lowest BCUT2D eigenvalue weighted by Crippen LogP contribution is -2.11. The molecule has 0 bridgehead atoms. The highest BCUT2D eigenvalue weighted by Crippen LogP contribution is 1.98. The quantitative estimate of drug-likeness (QED) is 0.470. The predicted octanol–water partition coefficient (Wildman–Crippen LogP) is -0.567. The van der Waals surface area contributed by atoms with E-state index in [9.17, 15) is 9.59 Å². The summed E-state index contributed by atoms with van der Waals surface area (Å²) >= 11 is 0. The molecule has 1 saturated heterocycles. The van der Waals surface area contributed by atoms with Gasteiger partial charge in [-0.3, -0.25) is 9.59 Å². The maximum atomic E-state index is 10.0. The standard InChI is InChI=1S/C4H9N.C4H8O4Si/c1-2-5-3-4-5;1-3(5)7-9-8-4(2)6/h2-4H2,1H3;9H2,1-2H3. The van der Waals surface area contributed by atoms with Crippen LogP contribution >= 0.6 is 0 Å². The normalized spacial score (nSPS) is 13.6. The molecule has 0 amide bonds. The molecule has 0 aromatic heterocycles. The van der Waals surface area contributed by atoms with Gasteiger partial charge in [0.05, 0.1) is 0 Å². The number of likely N-dealkylation sites (N-methyl/N-ethyl adjacent to an activating group) is 1. The summed E-state index contributed by atoms with van der Waals surface area (Å²) in [5, 5.41) is 0. The van der Waals surface area contributed by atoms with Crippen molar-refractivity contribution in [2.45, 2.75) is 20.8 Å². The van der Waals surface area contributed by atoms with Gasteiger partial charge in [-0.1, -0.05) is 6.92 Å². The van der Waals surface area contributed by atoms with Gasteiger partial charge in [-0.15, -0.1) is 0 Å². The minimum Gasteiger partial charge on any atom is -0.490 e. The van der Waals surface area contributed by atoms with Gasteiger partial charge in [0.2, 0.25) is 0 Å². The molecule has 0 saturated carbocycles. The molecule has 0 unspecified atom stereocenters. The van der Waals surface area contributed by atoms with Gasteiger partial charge in [-0.2, -0.15) is 0 Å². The van der Waals surface area contributed by atoms with E-state index in [4.69, 9.17) is 0 Å². The van der Waals surface area contributed by atoms with E-state index in [-0.39, 0.29) is 0 Å². The fraction of sp³-hybridized carbons (Fsp3) is 0.750. The summed E-state index contributed by atoms with van der Waals surface area (Å²) in [7, 11) is -1.38. The van der Waals surface area contributed by atoms with Crippen LogP contribution in [-0.2, 0) is 18.4 Å². The van der Waals surface area contributed by atoms with Crippen LogP contribution in [0.5, 0.6) is 0 Å². The highest BCUT2D eigenvalue weighted by molar-refractivity contribution is 6.25. The molecule has 0 N–H and O–H groups in total. The molecule has 82 valence electrons. The maximum Gasteiger partial charge on any atom is 0.431 e. The van der Waals surface area contributed by atoms with Gasteiger partial charge in [0.1, 0.15) is 0 Å². The monoisotopic (exact) mass is 219 g/mol. The van der Waals surface area contributed by atoms with Gasteiger partial charge in [0, 0.05) is 26.9 Å². The van der Waals surface area contributed by atoms with Gasteiger partial charge in [-0.25, -0.2) is 0 Å². The number of carbonyl (C=O) groups excluding carboxylic acids is 2. The fourth-order valence-electron chi connectivity index (χ4n) is 0.582. The summed E-state index contributed by atoms with van der Waals surface area (Å²) in [5.41, 5.74) is 0. The molecule has 0 aliphatic carbocycles. The molecule has 0 atom stereocenters. The van der Waals surface area contributed by atoms with Crippen molar-refractivity contribution in [3.63, 3.8) is 0 Å². The van der Waals surface area contributed by atoms with Crippen molar-refractivity contribution in [3.8, 4) is 0 Å². The molecular weight excluding hydrogens is 202 g/mol. The Kier molecular flexibility index (Phi) is 7.04. The third-order valence-corrected chi connectivity index (χ3v) is 2.56. The zero-order valence-electron chi connectivity index (χ0n) is 8.91. The highest BCUT2D eigenvalue weighted by atomic mass is 28.3. The second-order valence-corrected chi connectivity index (χ2v) is 3.64. The van der Waals surface area contributed by atoms with Crippen molar-refractivity contribution < 1.29 is 18.4 Å². The molecule has 1 aliphatic heterocycles. The first kappa shape index (κ1) is 13.1. The topological polar surface area (TPSA) is 55.6 Å². The van der Waals surface area contributed by atoms with Crippen molar-refractivity contribution in [3.05, 3.63) is 0 Å². The number of hydrogen-bond donors (Lipinski definition) is 0. The van der Waals surface area contributed by atoms with Gasteiger partial charge in [0.15, 0.2) is 0 Å². The van der Waals surface area contributed by atoms with Crippen molar-refractivity contribution in [1.82, 2.24) is 4.90 Å². The van der Waals surface area contributed by atoms with Crippen LogP contribution in [0.1, 0.15) is 20.8 Å². The summed E-state index contributed by atoms with van der Waals surface area (Å²) < 4.78 is 8.82. The van der Waals surface area contributed by atoms with E-state index in [2.05, 4.69) is 20.7 Å². The summed E-state index contributed by atoms with van der Waals surface area (Å²) in [6.07, 6.45) is 0. The van der Waals surface area contributed by atoms with Crippen LogP contribution in [0.15, 0.2) is 0 Å². The van der Waals surface area contributed by atoms with Crippen LogP contribution < -0.4 is 0 Å². The zero-order chi connectivity index (χ0) is 11.0. The molecule has 1 aliphatic rings. The number of carbonyl (C=O) groups is 2. The van der Waals surface area contributed by atoms with Gasteiger partial charge in [-0.05, 0) is 6.54 Å². The lowest BCUT2D eigenvalue weighted by Gasteiger charge is -1.99. The van der Waals surface area contributed by atoms with E-state index in [0.29, 0.717) is 0 Å². The predicted molar refractivity (Wildman–Crippen MR) is 54.2 cm³/mol. The number of hydrogen-bond acceptors (Lipinski definition) is 5. The summed E-state index contributed by atoms with van der Waals surface area (Å²) in [6.45, 7) is 8.67. The van der Waals surface area contributed by atoms with E-state index in [1.54, 1.807) is 0 Å². The van der Waals surface area contributed by atoms with Crippen LogP contribution in [0, 0.1) is 0 Å². The Bertz CT molecular complexity index is 180. The van der Waals surface area contributed by atoms with E-state index in [1.165, 1.54) is 33.5 Å². The Hall–Kier alpha value is -0.883. The molecule has 0 aromatic rings. The van der Waals surface area contributed by atoms with Crippen molar-refractivity contribution in [1.29, 1.82) is 0 Å². The minimum absolute atomic E-state index is 0.400. The highest BCUT2D eigenvalue weighted by Gasteiger charge is 2.12. The first-order valence-corrected chi connectivity index (χ1v) is 5.70. The fourth-order valence-corrected chi connectivity index (χ4v) is 0.973. The molecule has 1 fully saturated rings. The molecule has 1 rings (SSSR count). The lowest BCUT2D eigenvalue weighted by atomic mass is 10.8. The summed E-state index contributed by atoms with van der Waals surface area (Å²) in [4.78, 5) is 22.5. The van der Waals surface area contributed by atoms with Crippen LogP contribution in [-0.4, -0.2) is 46.5 Å². The van der Waals surface area contributed by atoms with Crippen molar-refractivity contribution in [2.75, 3.05) is 19.6 Å². The van der Waals surface area contributed by atoms with Gasteiger partial charge >= 0.3 is 10.0 Å². The maximum absolute atomic E-state index is 10.0. The van der Waals surface area contributed by atoms with Gasteiger partial charge in [0.25, 0.3) is 11.9 Å². The molecule has 5 nitrogen and oxygen atoms in total. The summed E-state index contributed by atoms with van der Waals surface area (Å²) in [5.74, 6) is -0.800. The van der Waals surface area contributed by atoms with Crippen molar-refractivity contribution >= 4 is 21.9 Å². The molecule has 6 heteroatoms. The molecular formula is C8H17NO4Si. The van der Waals surface area contributed by atoms with Gasteiger partial charge < -0.3 is 13.8 Å². The van der Waals surface area contributed by atoms with E-state index < -0.39 is 21.9 Å². The number of rotatable bonds is 3. The number of nitrogens with zero attached hydrogens (tertiary/aromatic N) is 1. The lowest BCUT2D eigenvalue weighted by molar-refractivity contribution is -0.136. The third kappa shape index (κ3) is 11.1. The van der Waals surface area contributed by atoms with Crippen LogP contribution in [0.2, 0.25) is 0 Å². The second kappa shape index (κ2) is 7.51. The molecule has 0 radical (unpaired) electrons. The van der Waals surface area contributed by atoms with E-state index in [1.807, 2.05) is 0 Å². The smallest absolute Gasteiger partial charge is 0.431 e.